The van der Waals surface area contributed by atoms with Gasteiger partial charge in [0.1, 0.15) is 6.04 Å². The zero-order valence-electron chi connectivity index (χ0n) is 20.6. The van der Waals surface area contributed by atoms with Crippen LogP contribution in [0.1, 0.15) is 55.6 Å². The molecule has 11 heteroatoms. The van der Waals surface area contributed by atoms with E-state index >= 15 is 0 Å². The summed E-state index contributed by atoms with van der Waals surface area (Å²) in [6.45, 7) is 6.41. The van der Waals surface area contributed by atoms with E-state index < -0.39 is 5.41 Å². The van der Waals surface area contributed by atoms with Gasteiger partial charge in [-0.15, -0.1) is 32.9 Å². The number of thiophene rings is 2. The predicted octanol–water partition coefficient (Wildman–Crippen LogP) is 2.94. The maximum atomic E-state index is 12.9. The van der Waals surface area contributed by atoms with E-state index in [0.717, 1.165) is 48.4 Å². The molecule has 0 spiro atoms. The molecular formula is C25H30N8OS2. The molecular weight excluding hydrogens is 492 g/mol. The average Bonchev–Trinajstić information content (AvgIpc) is 3.68. The first kappa shape index (κ1) is 24.6. The van der Waals surface area contributed by atoms with Gasteiger partial charge in [-0.1, -0.05) is 11.8 Å². The van der Waals surface area contributed by atoms with Crippen LogP contribution in [0.4, 0.5) is 0 Å². The number of nitrogens with zero attached hydrogens (tertiary/aromatic N) is 6. The molecule has 188 valence electrons. The Bertz CT molecular complexity index is 1290. The Kier molecular flexibility index (Phi) is 6.92. The lowest BCUT2D eigenvalue weighted by Gasteiger charge is -2.32. The van der Waals surface area contributed by atoms with E-state index in [0.29, 0.717) is 25.3 Å². The van der Waals surface area contributed by atoms with Gasteiger partial charge >= 0.3 is 0 Å². The minimum absolute atomic E-state index is 0.00714. The Morgan fingerprint density at radius 2 is 2.22 bits per heavy atom. The van der Waals surface area contributed by atoms with Crippen LogP contribution in [0, 0.1) is 11.3 Å². The monoisotopic (exact) mass is 522 g/mol. The van der Waals surface area contributed by atoms with Crippen LogP contribution >= 0.6 is 22.7 Å². The Balaban J connectivity index is 1.47. The second-order valence-electron chi connectivity index (χ2n) is 9.52. The molecule has 0 aromatic carbocycles. The number of rotatable bonds is 8. The van der Waals surface area contributed by atoms with Gasteiger partial charge in [0.05, 0.1) is 16.4 Å². The highest BCUT2D eigenvalue weighted by Crippen LogP contribution is 2.49. The zero-order valence-corrected chi connectivity index (χ0v) is 22.2. The van der Waals surface area contributed by atoms with Crippen molar-refractivity contribution in [2.24, 2.45) is 0 Å². The van der Waals surface area contributed by atoms with Crippen molar-refractivity contribution in [3.05, 3.63) is 61.4 Å². The van der Waals surface area contributed by atoms with Gasteiger partial charge in [-0.25, -0.2) is 0 Å². The Labute approximate surface area is 218 Å². The first-order valence-electron chi connectivity index (χ1n) is 12.2. The number of carbonyl (C=O) groups is 1. The standard InChI is InChI=1S/C25H30N8OS2/c1-16(33-11-4-5-17(33)14-26)15-27-10-9-25(24-28-30-31-29-24)18-8-12-35-20(18)6-7-21-19(25)13-22(36-21)23(34)32(2)3/h8,12-13,17,27H,1,4-7,9-11,15H2,2-3H3,(H,28,29,30,31). The van der Waals surface area contributed by atoms with Gasteiger partial charge in [-0.3, -0.25) is 4.79 Å². The van der Waals surface area contributed by atoms with Crippen molar-refractivity contribution >= 4 is 28.6 Å². The van der Waals surface area contributed by atoms with E-state index in [-0.39, 0.29) is 11.9 Å². The fourth-order valence-corrected chi connectivity index (χ4v) is 7.66. The van der Waals surface area contributed by atoms with Crippen LogP contribution < -0.4 is 5.32 Å². The quantitative estimate of drug-likeness (QED) is 0.437. The third kappa shape index (κ3) is 4.23. The number of likely N-dealkylation sites (tertiary alicyclic amines) is 1. The number of hydrogen-bond acceptors (Lipinski definition) is 9. The Morgan fingerprint density at radius 3 is 2.97 bits per heavy atom. The zero-order chi connectivity index (χ0) is 25.3. The molecule has 0 radical (unpaired) electrons. The van der Waals surface area contributed by atoms with Crippen molar-refractivity contribution in [3.8, 4) is 6.07 Å². The van der Waals surface area contributed by atoms with Crippen molar-refractivity contribution in [1.29, 1.82) is 5.26 Å². The van der Waals surface area contributed by atoms with Crippen LogP contribution in [0.3, 0.4) is 0 Å². The van der Waals surface area contributed by atoms with Crippen LogP contribution in [-0.2, 0) is 18.3 Å². The van der Waals surface area contributed by atoms with Crippen molar-refractivity contribution < 1.29 is 4.79 Å². The van der Waals surface area contributed by atoms with Gasteiger partial charge in [0, 0.05) is 42.6 Å². The summed E-state index contributed by atoms with van der Waals surface area (Å²) in [6.07, 6.45) is 4.41. The van der Waals surface area contributed by atoms with E-state index in [1.165, 1.54) is 15.3 Å². The number of tetrazole rings is 1. The number of aromatic amines is 1. The second kappa shape index (κ2) is 10.1. The maximum Gasteiger partial charge on any atom is 0.263 e. The predicted molar refractivity (Wildman–Crippen MR) is 140 cm³/mol. The van der Waals surface area contributed by atoms with Crippen LogP contribution in [0.25, 0.3) is 0 Å². The summed E-state index contributed by atoms with van der Waals surface area (Å²) in [5, 5.41) is 30.7. The molecule has 5 rings (SSSR count). The number of nitriles is 1. The van der Waals surface area contributed by atoms with Gasteiger partial charge in [-0.05, 0) is 67.3 Å². The highest BCUT2D eigenvalue weighted by molar-refractivity contribution is 7.14. The Hall–Kier alpha value is -3.07. The number of fused-ring (bicyclic) bond motifs is 2. The van der Waals surface area contributed by atoms with Crippen molar-refractivity contribution in [2.45, 2.75) is 43.6 Å². The summed E-state index contributed by atoms with van der Waals surface area (Å²) in [5.41, 5.74) is 2.62. The third-order valence-corrected chi connectivity index (χ3v) is 9.37. The molecule has 2 aliphatic rings. The highest BCUT2D eigenvalue weighted by atomic mass is 32.1. The van der Waals surface area contributed by atoms with E-state index in [9.17, 15) is 10.1 Å². The average molecular weight is 523 g/mol. The van der Waals surface area contributed by atoms with Gasteiger partial charge in [0.2, 0.25) is 0 Å². The molecule has 2 N–H and O–H groups in total. The Morgan fingerprint density at radius 1 is 1.39 bits per heavy atom. The molecule has 1 aliphatic carbocycles. The lowest BCUT2D eigenvalue weighted by molar-refractivity contribution is 0.0832. The van der Waals surface area contributed by atoms with Gasteiger partial charge < -0.3 is 15.1 Å². The summed E-state index contributed by atoms with van der Waals surface area (Å²) in [6, 6.07) is 6.53. The number of hydrogen-bond donors (Lipinski definition) is 2. The molecule has 2 atom stereocenters. The van der Waals surface area contributed by atoms with Crippen LogP contribution in [0.2, 0.25) is 0 Å². The van der Waals surface area contributed by atoms with Crippen LogP contribution in [0.5, 0.6) is 0 Å². The van der Waals surface area contributed by atoms with E-state index in [1.807, 2.05) is 6.07 Å². The van der Waals surface area contributed by atoms with Gasteiger partial charge in [0.15, 0.2) is 5.82 Å². The third-order valence-electron chi connectivity index (χ3n) is 7.21. The number of nitrogens with one attached hydrogen (secondary N) is 2. The first-order valence-corrected chi connectivity index (χ1v) is 13.9. The van der Waals surface area contributed by atoms with Crippen LogP contribution in [0.15, 0.2) is 29.8 Å². The first-order chi connectivity index (χ1) is 17.5. The molecule has 2 unspecified atom stereocenters. The molecule has 1 aliphatic heterocycles. The van der Waals surface area contributed by atoms with E-state index in [1.54, 1.807) is 41.7 Å². The number of aromatic nitrogens is 4. The SMILES string of the molecule is C=C(CNCCC1(c2nn[nH]n2)c2ccsc2CCc2sc(C(=O)N(C)C)cc21)N1CCCC1C#N. The van der Waals surface area contributed by atoms with E-state index in [2.05, 4.69) is 54.9 Å². The molecule has 36 heavy (non-hydrogen) atoms. The fraction of sp³-hybridized carbons (Fsp3) is 0.480. The smallest absolute Gasteiger partial charge is 0.263 e. The van der Waals surface area contributed by atoms with Crippen LogP contribution in [-0.4, -0.2) is 76.1 Å². The number of amides is 1. The van der Waals surface area contributed by atoms with E-state index in [4.69, 9.17) is 0 Å². The van der Waals surface area contributed by atoms with Crippen molar-refractivity contribution in [3.63, 3.8) is 0 Å². The molecule has 4 heterocycles. The molecule has 3 aromatic rings. The minimum atomic E-state index is -0.618. The molecule has 1 fully saturated rings. The number of carbonyl (C=O) groups excluding carboxylic acids is 1. The summed E-state index contributed by atoms with van der Waals surface area (Å²) in [7, 11) is 3.56. The number of H-pyrrole nitrogens is 1. The molecule has 1 amide bonds. The summed E-state index contributed by atoms with van der Waals surface area (Å²) in [4.78, 5) is 19.9. The fourth-order valence-electron chi connectivity index (χ4n) is 5.44. The molecule has 3 aromatic heterocycles. The summed E-state index contributed by atoms with van der Waals surface area (Å²) in [5.74, 6) is 0.629. The van der Waals surface area contributed by atoms with Gasteiger partial charge in [0.25, 0.3) is 5.91 Å². The maximum absolute atomic E-state index is 12.9. The normalized spacial score (nSPS) is 20.9. The largest absolute Gasteiger partial charge is 0.358 e. The molecule has 0 saturated carbocycles. The summed E-state index contributed by atoms with van der Waals surface area (Å²) >= 11 is 3.34. The van der Waals surface area contributed by atoms with Crippen molar-refractivity contribution in [1.82, 2.24) is 35.7 Å². The molecule has 0 bridgehead atoms. The summed E-state index contributed by atoms with van der Waals surface area (Å²) < 4.78 is 0. The van der Waals surface area contributed by atoms with Gasteiger partial charge in [-0.2, -0.15) is 10.5 Å². The topological polar surface area (TPSA) is 114 Å². The highest BCUT2D eigenvalue weighted by Gasteiger charge is 2.46. The minimum Gasteiger partial charge on any atom is -0.358 e. The molecule has 1 saturated heterocycles. The number of aryl methyl sites for hydroxylation is 2. The lowest BCUT2D eigenvalue weighted by Crippen LogP contribution is -2.37. The molecule has 9 nitrogen and oxygen atoms in total. The lowest BCUT2D eigenvalue weighted by atomic mass is 9.72. The van der Waals surface area contributed by atoms with Crippen molar-refractivity contribution in [2.75, 3.05) is 33.7 Å². The second-order valence-corrected chi connectivity index (χ2v) is 11.7.